The van der Waals surface area contributed by atoms with Crippen LogP contribution in [0.25, 0.3) is 21.9 Å². The molecular formula is C28H30O3. The average molecular weight is 415 g/mol. The molecule has 1 N–H and O–H groups in total. The van der Waals surface area contributed by atoms with Crippen LogP contribution in [0.4, 0.5) is 0 Å². The Morgan fingerprint density at radius 2 is 1.74 bits per heavy atom. The molecule has 3 nitrogen and oxygen atoms in total. The van der Waals surface area contributed by atoms with Gasteiger partial charge in [0.2, 0.25) is 0 Å². The zero-order valence-electron chi connectivity index (χ0n) is 18.1. The van der Waals surface area contributed by atoms with Gasteiger partial charge in [0.1, 0.15) is 5.75 Å². The van der Waals surface area contributed by atoms with Crippen molar-refractivity contribution in [2.75, 3.05) is 7.11 Å². The highest BCUT2D eigenvalue weighted by atomic mass is 16.5. The predicted octanol–water partition coefficient (Wildman–Crippen LogP) is 7.14. The largest absolute Gasteiger partial charge is 0.496 e. The first-order valence-electron chi connectivity index (χ1n) is 11.1. The minimum Gasteiger partial charge on any atom is -0.496 e. The summed E-state index contributed by atoms with van der Waals surface area (Å²) in [6.45, 7) is 3.89. The Kier molecular flexibility index (Phi) is 6.41. The molecule has 1 fully saturated rings. The highest BCUT2D eigenvalue weighted by Gasteiger charge is 2.23. The van der Waals surface area contributed by atoms with E-state index in [-0.39, 0.29) is 0 Å². The summed E-state index contributed by atoms with van der Waals surface area (Å²) in [6, 6.07) is 17.9. The van der Waals surface area contributed by atoms with Crippen LogP contribution in [0.2, 0.25) is 0 Å². The molecule has 0 bridgehead atoms. The first-order valence-corrected chi connectivity index (χ1v) is 11.1. The van der Waals surface area contributed by atoms with Gasteiger partial charge >= 0.3 is 5.97 Å². The van der Waals surface area contributed by atoms with Gasteiger partial charge in [-0.25, -0.2) is 4.79 Å². The number of methoxy groups -OCH3 is 1. The SMILES string of the molecule is C=CCC1CCC(CCc2cc(-c3ccc4cc(C(=O)O)ccc4c3)ccc2OC)C1. The molecular weight excluding hydrogens is 384 g/mol. The van der Waals surface area contributed by atoms with Gasteiger partial charge in [-0.3, -0.25) is 0 Å². The number of fused-ring (bicyclic) bond motifs is 1. The first kappa shape index (κ1) is 21.2. The Hall–Kier alpha value is -3.07. The second kappa shape index (κ2) is 9.38. The molecule has 31 heavy (non-hydrogen) atoms. The van der Waals surface area contributed by atoms with E-state index in [0.717, 1.165) is 52.3 Å². The van der Waals surface area contributed by atoms with E-state index in [1.54, 1.807) is 19.2 Å². The van der Waals surface area contributed by atoms with E-state index in [2.05, 4.69) is 43.0 Å². The molecule has 3 aromatic carbocycles. The molecule has 0 saturated heterocycles. The molecule has 3 aromatic rings. The third-order valence-electron chi connectivity index (χ3n) is 6.67. The summed E-state index contributed by atoms with van der Waals surface area (Å²) in [7, 11) is 1.74. The van der Waals surface area contributed by atoms with Gasteiger partial charge in [0.25, 0.3) is 0 Å². The third-order valence-corrected chi connectivity index (χ3v) is 6.67. The summed E-state index contributed by atoms with van der Waals surface area (Å²) in [4.78, 5) is 11.2. The van der Waals surface area contributed by atoms with Crippen LogP contribution >= 0.6 is 0 Å². The number of aromatic carboxylic acids is 1. The fraction of sp³-hybridized carbons (Fsp3) is 0.321. The Balaban J connectivity index is 1.54. The second-order valence-corrected chi connectivity index (χ2v) is 8.72. The Bertz CT molecular complexity index is 1100. The molecule has 0 radical (unpaired) electrons. The molecule has 0 spiro atoms. The van der Waals surface area contributed by atoms with E-state index in [4.69, 9.17) is 4.74 Å². The fourth-order valence-electron chi connectivity index (χ4n) is 4.96. The number of carboxylic acids is 1. The normalized spacial score (nSPS) is 18.2. The quantitative estimate of drug-likeness (QED) is 0.399. The number of allylic oxidation sites excluding steroid dienone is 1. The molecule has 0 amide bonds. The lowest BCUT2D eigenvalue weighted by Crippen LogP contribution is -2.00. The molecule has 0 aliphatic heterocycles. The smallest absolute Gasteiger partial charge is 0.335 e. The molecule has 1 aliphatic rings. The molecule has 0 heterocycles. The van der Waals surface area contributed by atoms with Crippen LogP contribution in [0.15, 0.2) is 67.3 Å². The van der Waals surface area contributed by atoms with E-state index < -0.39 is 5.97 Å². The minimum absolute atomic E-state index is 0.314. The maximum absolute atomic E-state index is 11.2. The highest BCUT2D eigenvalue weighted by Crippen LogP contribution is 2.37. The van der Waals surface area contributed by atoms with E-state index in [1.807, 2.05) is 12.1 Å². The number of carbonyl (C=O) groups is 1. The summed E-state index contributed by atoms with van der Waals surface area (Å²) in [6.07, 6.45) is 9.40. The molecule has 4 rings (SSSR count). The lowest BCUT2D eigenvalue weighted by atomic mass is 9.93. The zero-order valence-corrected chi connectivity index (χ0v) is 18.1. The van der Waals surface area contributed by atoms with Crippen LogP contribution in [-0.2, 0) is 6.42 Å². The number of aryl methyl sites for hydroxylation is 1. The second-order valence-electron chi connectivity index (χ2n) is 8.72. The van der Waals surface area contributed by atoms with E-state index in [9.17, 15) is 9.90 Å². The molecule has 1 saturated carbocycles. The summed E-state index contributed by atoms with van der Waals surface area (Å²) < 4.78 is 5.65. The van der Waals surface area contributed by atoms with Gasteiger partial charge in [0, 0.05) is 0 Å². The van der Waals surface area contributed by atoms with Gasteiger partial charge in [0.15, 0.2) is 0 Å². The number of ether oxygens (including phenoxy) is 1. The number of rotatable bonds is 8. The number of hydrogen-bond donors (Lipinski definition) is 1. The van der Waals surface area contributed by atoms with Crippen molar-refractivity contribution >= 4 is 16.7 Å². The maximum atomic E-state index is 11.2. The average Bonchev–Trinajstić information content (AvgIpc) is 3.24. The monoisotopic (exact) mass is 414 g/mol. The van der Waals surface area contributed by atoms with Crippen LogP contribution in [0.5, 0.6) is 5.75 Å². The Morgan fingerprint density at radius 1 is 1.03 bits per heavy atom. The summed E-state index contributed by atoms with van der Waals surface area (Å²) >= 11 is 0. The number of carboxylic acid groups (broad SMARTS) is 1. The minimum atomic E-state index is -0.899. The van der Waals surface area contributed by atoms with Crippen molar-refractivity contribution in [3.8, 4) is 16.9 Å². The van der Waals surface area contributed by atoms with Gasteiger partial charge in [-0.05, 0) is 102 Å². The molecule has 0 aromatic heterocycles. The summed E-state index contributed by atoms with van der Waals surface area (Å²) in [5.41, 5.74) is 3.87. The van der Waals surface area contributed by atoms with E-state index >= 15 is 0 Å². The van der Waals surface area contributed by atoms with Crippen LogP contribution in [0.3, 0.4) is 0 Å². The lowest BCUT2D eigenvalue weighted by molar-refractivity contribution is 0.0697. The molecule has 1 aliphatic carbocycles. The van der Waals surface area contributed by atoms with Gasteiger partial charge in [0.05, 0.1) is 12.7 Å². The van der Waals surface area contributed by atoms with E-state index in [0.29, 0.717) is 5.56 Å². The Morgan fingerprint density at radius 3 is 2.52 bits per heavy atom. The van der Waals surface area contributed by atoms with Gasteiger partial charge in [-0.2, -0.15) is 0 Å². The third kappa shape index (κ3) is 4.82. The molecule has 3 heteroatoms. The number of hydrogen-bond acceptors (Lipinski definition) is 2. The van der Waals surface area contributed by atoms with Crippen molar-refractivity contribution in [2.45, 2.75) is 38.5 Å². The van der Waals surface area contributed by atoms with Gasteiger partial charge in [-0.1, -0.05) is 36.8 Å². The number of benzene rings is 3. The van der Waals surface area contributed by atoms with Crippen molar-refractivity contribution in [1.29, 1.82) is 0 Å². The lowest BCUT2D eigenvalue weighted by Gasteiger charge is -2.14. The molecule has 2 unspecified atom stereocenters. The maximum Gasteiger partial charge on any atom is 0.335 e. The van der Waals surface area contributed by atoms with Crippen LogP contribution in [-0.4, -0.2) is 18.2 Å². The molecule has 2 atom stereocenters. The van der Waals surface area contributed by atoms with Crippen molar-refractivity contribution in [1.82, 2.24) is 0 Å². The van der Waals surface area contributed by atoms with Crippen LogP contribution < -0.4 is 4.74 Å². The predicted molar refractivity (Wildman–Crippen MR) is 127 cm³/mol. The highest BCUT2D eigenvalue weighted by molar-refractivity contribution is 5.95. The van der Waals surface area contributed by atoms with Crippen LogP contribution in [0.1, 0.15) is 48.0 Å². The topological polar surface area (TPSA) is 46.5 Å². The molecule has 160 valence electrons. The van der Waals surface area contributed by atoms with Crippen LogP contribution in [0, 0.1) is 11.8 Å². The first-order chi connectivity index (χ1) is 15.1. The van der Waals surface area contributed by atoms with Crippen molar-refractivity contribution in [2.24, 2.45) is 11.8 Å². The van der Waals surface area contributed by atoms with Gasteiger partial charge in [-0.15, -0.1) is 6.58 Å². The summed E-state index contributed by atoms with van der Waals surface area (Å²) in [5.74, 6) is 1.66. The fourth-order valence-corrected chi connectivity index (χ4v) is 4.96. The zero-order chi connectivity index (χ0) is 21.8. The summed E-state index contributed by atoms with van der Waals surface area (Å²) in [5, 5.41) is 11.2. The standard InChI is InChI=1S/C28H30O3/c1-3-4-19-5-6-20(15-19)7-8-25-17-24(13-14-27(25)31-2)21-9-10-23-18-26(28(29)30)12-11-22(23)16-21/h3,9-14,16-20H,1,4-8,15H2,2H3,(H,29,30). The Labute approximate surface area is 184 Å². The van der Waals surface area contributed by atoms with Crippen molar-refractivity contribution in [3.63, 3.8) is 0 Å². The van der Waals surface area contributed by atoms with Gasteiger partial charge < -0.3 is 9.84 Å². The van der Waals surface area contributed by atoms with E-state index in [1.165, 1.54) is 31.2 Å². The van der Waals surface area contributed by atoms with Crippen molar-refractivity contribution < 1.29 is 14.6 Å². The van der Waals surface area contributed by atoms with Crippen molar-refractivity contribution in [3.05, 3.63) is 78.4 Å².